The van der Waals surface area contributed by atoms with E-state index in [0.29, 0.717) is 18.1 Å². The van der Waals surface area contributed by atoms with Gasteiger partial charge in [-0.05, 0) is 32.9 Å². The molecule has 0 fully saturated rings. The van der Waals surface area contributed by atoms with Crippen LogP contribution in [-0.2, 0) is 9.47 Å². The van der Waals surface area contributed by atoms with Crippen LogP contribution in [-0.4, -0.2) is 35.6 Å². The Kier molecular flexibility index (Phi) is 5.50. The van der Waals surface area contributed by atoms with E-state index >= 15 is 0 Å². The van der Waals surface area contributed by atoms with Crippen molar-refractivity contribution in [2.24, 2.45) is 0 Å². The number of amides is 1. The molecule has 0 aromatic carbocycles. The summed E-state index contributed by atoms with van der Waals surface area (Å²) in [6.45, 7) is 5.69. The molecule has 1 aromatic rings. The quantitative estimate of drug-likeness (QED) is 0.862. The predicted octanol–water partition coefficient (Wildman–Crippen LogP) is 2.75. The fourth-order valence-electron chi connectivity index (χ4n) is 1.22. The van der Waals surface area contributed by atoms with Crippen molar-refractivity contribution in [2.45, 2.75) is 31.7 Å². The van der Waals surface area contributed by atoms with E-state index in [1.165, 1.54) is 0 Å². The molecule has 106 valence electrons. The fraction of sp³-hybridized carbons (Fsp3) is 0.583. The van der Waals surface area contributed by atoms with E-state index in [0.717, 1.165) is 0 Å². The van der Waals surface area contributed by atoms with Crippen LogP contribution >= 0.6 is 11.6 Å². The largest absolute Gasteiger partial charge is 0.444 e. The first-order chi connectivity index (χ1) is 8.81. The van der Waals surface area contributed by atoms with E-state index in [9.17, 15) is 4.79 Å². The molecule has 1 rings (SSSR count). The Bertz CT molecular complexity index is 417. The molecule has 0 aliphatic rings. The van der Waals surface area contributed by atoms with Gasteiger partial charge in [0.05, 0.1) is 12.3 Å². The maximum Gasteiger partial charge on any atom is 0.413 e. The van der Waals surface area contributed by atoms with E-state index in [-0.39, 0.29) is 5.38 Å². The SMILES string of the molecule is COCC(Cl)c1ccc(NC(=O)OC(C)(C)C)nn1. The Labute approximate surface area is 117 Å². The number of carbonyl (C=O) groups is 1. The molecule has 0 saturated carbocycles. The second kappa shape index (κ2) is 6.68. The summed E-state index contributed by atoms with van der Waals surface area (Å²) in [5.74, 6) is 0.305. The van der Waals surface area contributed by atoms with Crippen molar-refractivity contribution in [3.63, 3.8) is 0 Å². The third-order valence-electron chi connectivity index (χ3n) is 1.95. The van der Waals surface area contributed by atoms with E-state index < -0.39 is 11.7 Å². The molecule has 0 aliphatic heterocycles. The summed E-state index contributed by atoms with van der Waals surface area (Å²) < 4.78 is 10.0. The van der Waals surface area contributed by atoms with Crippen LogP contribution in [0.5, 0.6) is 0 Å². The molecular weight excluding hydrogens is 270 g/mol. The smallest absolute Gasteiger partial charge is 0.413 e. The highest BCUT2D eigenvalue weighted by molar-refractivity contribution is 6.20. The van der Waals surface area contributed by atoms with Gasteiger partial charge >= 0.3 is 6.09 Å². The molecule has 1 heterocycles. The van der Waals surface area contributed by atoms with Crippen molar-refractivity contribution in [3.05, 3.63) is 17.8 Å². The normalized spacial score (nSPS) is 12.9. The Morgan fingerprint density at radius 1 is 1.42 bits per heavy atom. The number of nitrogens with zero attached hydrogens (tertiary/aromatic N) is 2. The second-order valence-corrected chi connectivity index (χ2v) is 5.42. The molecule has 0 spiro atoms. The number of hydrogen-bond donors (Lipinski definition) is 1. The number of rotatable bonds is 4. The van der Waals surface area contributed by atoms with Gasteiger partial charge in [-0.2, -0.15) is 5.10 Å². The lowest BCUT2D eigenvalue weighted by Crippen LogP contribution is -2.27. The first-order valence-corrected chi connectivity index (χ1v) is 6.22. The number of ether oxygens (including phenoxy) is 2. The van der Waals surface area contributed by atoms with Crippen LogP contribution in [0.25, 0.3) is 0 Å². The summed E-state index contributed by atoms with van der Waals surface area (Å²) >= 11 is 6.01. The number of nitrogens with one attached hydrogen (secondary N) is 1. The third-order valence-corrected chi connectivity index (χ3v) is 2.30. The molecule has 0 bridgehead atoms. The molecular formula is C12H18ClN3O3. The van der Waals surface area contributed by atoms with Crippen LogP contribution < -0.4 is 5.32 Å². The highest BCUT2D eigenvalue weighted by atomic mass is 35.5. The van der Waals surface area contributed by atoms with Crippen LogP contribution in [0.4, 0.5) is 10.6 Å². The van der Waals surface area contributed by atoms with Crippen molar-refractivity contribution < 1.29 is 14.3 Å². The van der Waals surface area contributed by atoms with Gasteiger partial charge in [-0.15, -0.1) is 16.7 Å². The van der Waals surface area contributed by atoms with Crippen LogP contribution in [0.3, 0.4) is 0 Å². The van der Waals surface area contributed by atoms with Crippen LogP contribution in [0.15, 0.2) is 12.1 Å². The third kappa shape index (κ3) is 5.85. The molecule has 1 N–H and O–H groups in total. The summed E-state index contributed by atoms with van der Waals surface area (Å²) in [6.07, 6.45) is -0.575. The highest BCUT2D eigenvalue weighted by Crippen LogP contribution is 2.18. The molecule has 19 heavy (non-hydrogen) atoms. The number of carbonyl (C=O) groups excluding carboxylic acids is 1. The van der Waals surface area contributed by atoms with Gasteiger partial charge in [-0.25, -0.2) is 4.79 Å². The van der Waals surface area contributed by atoms with Crippen molar-refractivity contribution in [3.8, 4) is 0 Å². The molecule has 6 nitrogen and oxygen atoms in total. The Morgan fingerprint density at radius 2 is 2.11 bits per heavy atom. The van der Waals surface area contributed by atoms with E-state index in [1.807, 2.05) is 0 Å². The van der Waals surface area contributed by atoms with E-state index in [1.54, 1.807) is 40.0 Å². The lowest BCUT2D eigenvalue weighted by molar-refractivity contribution is 0.0635. The minimum absolute atomic E-state index is 0.305. The average Bonchev–Trinajstić information content (AvgIpc) is 2.27. The highest BCUT2D eigenvalue weighted by Gasteiger charge is 2.17. The van der Waals surface area contributed by atoms with Crippen molar-refractivity contribution >= 4 is 23.5 Å². The minimum atomic E-state index is -0.575. The van der Waals surface area contributed by atoms with E-state index in [4.69, 9.17) is 21.1 Å². The van der Waals surface area contributed by atoms with Crippen molar-refractivity contribution in [1.82, 2.24) is 10.2 Å². The van der Waals surface area contributed by atoms with Crippen molar-refractivity contribution in [2.75, 3.05) is 19.0 Å². The van der Waals surface area contributed by atoms with Crippen molar-refractivity contribution in [1.29, 1.82) is 0 Å². The molecule has 1 amide bonds. The summed E-state index contributed by atoms with van der Waals surface area (Å²) in [6, 6.07) is 3.29. The van der Waals surface area contributed by atoms with Gasteiger partial charge in [0.1, 0.15) is 11.0 Å². The average molecular weight is 288 g/mol. The van der Waals surface area contributed by atoms with Gasteiger partial charge in [0, 0.05) is 7.11 Å². The van der Waals surface area contributed by atoms with E-state index in [2.05, 4.69) is 15.5 Å². The molecule has 0 saturated heterocycles. The summed E-state index contributed by atoms with van der Waals surface area (Å²) in [5, 5.41) is 9.88. The van der Waals surface area contributed by atoms with Gasteiger partial charge in [-0.1, -0.05) is 0 Å². The maximum atomic E-state index is 11.5. The lowest BCUT2D eigenvalue weighted by atomic mass is 10.2. The molecule has 0 aliphatic carbocycles. The molecule has 7 heteroatoms. The Morgan fingerprint density at radius 3 is 2.58 bits per heavy atom. The summed E-state index contributed by atoms with van der Waals surface area (Å²) in [7, 11) is 1.56. The molecule has 1 atom stereocenters. The zero-order valence-electron chi connectivity index (χ0n) is 11.4. The lowest BCUT2D eigenvalue weighted by Gasteiger charge is -2.19. The summed E-state index contributed by atoms with van der Waals surface area (Å²) in [5.41, 5.74) is 0.0233. The van der Waals surface area contributed by atoms with Gasteiger partial charge in [-0.3, -0.25) is 5.32 Å². The second-order valence-electron chi connectivity index (χ2n) is 4.89. The Balaban J connectivity index is 2.59. The predicted molar refractivity (Wildman–Crippen MR) is 72.4 cm³/mol. The number of anilines is 1. The zero-order valence-corrected chi connectivity index (χ0v) is 12.2. The number of aromatic nitrogens is 2. The fourth-order valence-corrected chi connectivity index (χ4v) is 1.46. The number of methoxy groups -OCH3 is 1. The van der Waals surface area contributed by atoms with Crippen LogP contribution in [0.1, 0.15) is 31.8 Å². The van der Waals surface area contributed by atoms with Gasteiger partial charge < -0.3 is 9.47 Å². The zero-order chi connectivity index (χ0) is 14.5. The number of halogens is 1. The minimum Gasteiger partial charge on any atom is -0.444 e. The number of alkyl halides is 1. The first kappa shape index (κ1) is 15.7. The molecule has 1 aromatic heterocycles. The topological polar surface area (TPSA) is 73.3 Å². The monoisotopic (exact) mass is 287 g/mol. The summed E-state index contributed by atoms with van der Waals surface area (Å²) in [4.78, 5) is 11.5. The standard InChI is InChI=1S/C12H18ClN3O3/c1-12(2,3)19-11(17)14-10-6-5-9(15-16-10)8(13)7-18-4/h5-6,8H,7H2,1-4H3,(H,14,16,17). The first-order valence-electron chi connectivity index (χ1n) is 5.78. The molecule has 0 radical (unpaired) electrons. The van der Waals surface area contributed by atoms with Crippen LogP contribution in [0, 0.1) is 0 Å². The number of hydrogen-bond acceptors (Lipinski definition) is 5. The van der Waals surface area contributed by atoms with Crippen LogP contribution in [0.2, 0.25) is 0 Å². The van der Waals surface area contributed by atoms with Gasteiger partial charge in [0.15, 0.2) is 5.82 Å². The molecule has 1 unspecified atom stereocenters. The Hall–Kier alpha value is -1.40. The maximum absolute atomic E-state index is 11.5. The van der Waals surface area contributed by atoms with Gasteiger partial charge in [0.2, 0.25) is 0 Å². The van der Waals surface area contributed by atoms with Gasteiger partial charge in [0.25, 0.3) is 0 Å².